The van der Waals surface area contributed by atoms with Crippen LogP contribution in [0.2, 0.25) is 0 Å². The summed E-state index contributed by atoms with van der Waals surface area (Å²) in [5.41, 5.74) is 1.57. The van der Waals surface area contributed by atoms with E-state index in [1.807, 2.05) is 30.3 Å². The number of carbonyl (C=O) groups excluding carboxylic acids is 1. The second-order valence-electron chi connectivity index (χ2n) is 7.37. The lowest BCUT2D eigenvalue weighted by molar-refractivity contribution is 0.0730. The number of morpholine rings is 1. The SMILES string of the molecule is Cc1ccc(S(=O)(=O)NCc2ccccc2)cc1C(=O)NCCS(=O)(=O)N1CCOCC1. The molecule has 3 rings (SSSR count). The van der Waals surface area contributed by atoms with Crippen molar-refractivity contribution in [2.75, 3.05) is 38.6 Å². The molecule has 0 radical (unpaired) electrons. The third-order valence-electron chi connectivity index (χ3n) is 5.08. The molecule has 0 aromatic heterocycles. The van der Waals surface area contributed by atoms with Crippen LogP contribution in [-0.2, 0) is 31.3 Å². The smallest absolute Gasteiger partial charge is 0.251 e. The van der Waals surface area contributed by atoms with Gasteiger partial charge in [-0.2, -0.15) is 4.31 Å². The van der Waals surface area contributed by atoms with E-state index in [1.54, 1.807) is 13.0 Å². The molecule has 2 aromatic carbocycles. The van der Waals surface area contributed by atoms with Crippen molar-refractivity contribution >= 4 is 26.0 Å². The molecule has 2 N–H and O–H groups in total. The van der Waals surface area contributed by atoms with Gasteiger partial charge in [0, 0.05) is 31.7 Å². The monoisotopic (exact) mass is 481 g/mol. The van der Waals surface area contributed by atoms with E-state index in [-0.39, 0.29) is 29.3 Å². The van der Waals surface area contributed by atoms with Crippen molar-refractivity contribution in [3.8, 4) is 0 Å². The average molecular weight is 482 g/mol. The molecule has 1 saturated heterocycles. The Bertz CT molecular complexity index is 1150. The molecule has 2 aromatic rings. The predicted octanol–water partition coefficient (Wildman–Crippen LogP) is 0.865. The number of amides is 1. The van der Waals surface area contributed by atoms with Crippen molar-refractivity contribution in [1.29, 1.82) is 0 Å². The molecule has 11 heteroatoms. The number of sulfonamides is 2. The van der Waals surface area contributed by atoms with Crippen molar-refractivity contribution in [1.82, 2.24) is 14.3 Å². The highest BCUT2D eigenvalue weighted by Crippen LogP contribution is 2.16. The fourth-order valence-corrected chi connectivity index (χ4v) is 5.58. The van der Waals surface area contributed by atoms with Crippen molar-refractivity contribution in [2.24, 2.45) is 0 Å². The molecule has 0 unspecified atom stereocenters. The Hall–Kier alpha value is -2.31. The van der Waals surface area contributed by atoms with E-state index in [4.69, 9.17) is 4.74 Å². The van der Waals surface area contributed by atoms with Gasteiger partial charge < -0.3 is 10.1 Å². The van der Waals surface area contributed by atoms with E-state index in [0.717, 1.165) is 5.56 Å². The summed E-state index contributed by atoms with van der Waals surface area (Å²) in [5, 5.41) is 2.58. The number of rotatable bonds is 9. The van der Waals surface area contributed by atoms with Gasteiger partial charge in [-0.3, -0.25) is 4.79 Å². The number of carbonyl (C=O) groups is 1. The Kier molecular flexibility index (Phi) is 8.01. The third-order valence-corrected chi connectivity index (χ3v) is 8.35. The van der Waals surface area contributed by atoms with Crippen LogP contribution in [-0.4, -0.2) is 65.6 Å². The Morgan fingerprint density at radius 1 is 1.03 bits per heavy atom. The minimum absolute atomic E-state index is 0.0369. The lowest BCUT2D eigenvalue weighted by Crippen LogP contribution is -2.43. The largest absolute Gasteiger partial charge is 0.379 e. The van der Waals surface area contributed by atoms with E-state index >= 15 is 0 Å². The highest BCUT2D eigenvalue weighted by Gasteiger charge is 2.24. The summed E-state index contributed by atoms with van der Waals surface area (Å²) in [5.74, 6) is -0.770. The molecule has 0 aliphatic carbocycles. The molecule has 1 heterocycles. The van der Waals surface area contributed by atoms with E-state index in [9.17, 15) is 21.6 Å². The zero-order valence-corrected chi connectivity index (χ0v) is 19.4. The second kappa shape index (κ2) is 10.5. The maximum Gasteiger partial charge on any atom is 0.251 e. The molecule has 1 aliphatic heterocycles. The van der Waals surface area contributed by atoms with Gasteiger partial charge in [-0.1, -0.05) is 36.4 Å². The van der Waals surface area contributed by atoms with E-state index in [1.165, 1.54) is 16.4 Å². The molecule has 32 heavy (non-hydrogen) atoms. The number of aryl methyl sites for hydroxylation is 1. The maximum absolute atomic E-state index is 12.7. The molecule has 174 valence electrons. The minimum atomic E-state index is -3.83. The van der Waals surface area contributed by atoms with Crippen LogP contribution in [0.5, 0.6) is 0 Å². The normalized spacial score (nSPS) is 15.4. The first-order valence-electron chi connectivity index (χ1n) is 10.2. The molecular formula is C21H27N3O6S2. The zero-order chi connectivity index (χ0) is 23.2. The van der Waals surface area contributed by atoms with E-state index in [2.05, 4.69) is 10.0 Å². The maximum atomic E-state index is 12.7. The highest BCUT2D eigenvalue weighted by atomic mass is 32.2. The molecule has 1 fully saturated rings. The number of nitrogens with zero attached hydrogens (tertiary/aromatic N) is 1. The van der Waals surface area contributed by atoms with Crippen LogP contribution in [0.1, 0.15) is 21.5 Å². The summed E-state index contributed by atoms with van der Waals surface area (Å²) < 4.78 is 59.1. The van der Waals surface area contributed by atoms with Crippen molar-refractivity contribution in [2.45, 2.75) is 18.4 Å². The molecule has 0 spiro atoms. The number of ether oxygens (including phenoxy) is 1. The Balaban J connectivity index is 1.63. The van der Waals surface area contributed by atoms with Crippen LogP contribution in [0, 0.1) is 6.92 Å². The van der Waals surface area contributed by atoms with Crippen LogP contribution >= 0.6 is 0 Å². The second-order valence-corrected chi connectivity index (χ2v) is 11.2. The number of nitrogens with one attached hydrogen (secondary N) is 2. The summed E-state index contributed by atoms with van der Waals surface area (Å²) in [7, 11) is -7.34. The molecule has 9 nitrogen and oxygen atoms in total. The fourth-order valence-electron chi connectivity index (χ4n) is 3.21. The van der Waals surface area contributed by atoms with Gasteiger partial charge in [0.25, 0.3) is 5.91 Å². The Morgan fingerprint density at radius 2 is 1.72 bits per heavy atom. The van der Waals surface area contributed by atoms with Gasteiger partial charge in [-0.05, 0) is 30.2 Å². The highest BCUT2D eigenvalue weighted by molar-refractivity contribution is 7.89. The van der Waals surface area contributed by atoms with Crippen LogP contribution in [0.4, 0.5) is 0 Å². The van der Waals surface area contributed by atoms with Crippen LogP contribution in [0.15, 0.2) is 53.4 Å². The van der Waals surface area contributed by atoms with Crippen LogP contribution < -0.4 is 10.0 Å². The molecule has 1 aliphatic rings. The minimum Gasteiger partial charge on any atom is -0.379 e. The van der Waals surface area contributed by atoms with Gasteiger partial charge in [0.15, 0.2) is 0 Å². The van der Waals surface area contributed by atoms with Crippen molar-refractivity contribution in [3.05, 3.63) is 65.2 Å². The van der Waals surface area contributed by atoms with Gasteiger partial charge in [-0.15, -0.1) is 0 Å². The lowest BCUT2D eigenvalue weighted by atomic mass is 10.1. The number of hydrogen-bond donors (Lipinski definition) is 2. The van der Waals surface area contributed by atoms with Crippen LogP contribution in [0.3, 0.4) is 0 Å². The van der Waals surface area contributed by atoms with Gasteiger partial charge >= 0.3 is 0 Å². The summed E-state index contributed by atoms with van der Waals surface area (Å²) >= 11 is 0. The summed E-state index contributed by atoms with van der Waals surface area (Å²) in [6.45, 7) is 3.03. The van der Waals surface area contributed by atoms with Gasteiger partial charge in [0.1, 0.15) is 0 Å². The predicted molar refractivity (Wildman–Crippen MR) is 120 cm³/mol. The van der Waals surface area contributed by atoms with Crippen LogP contribution in [0.25, 0.3) is 0 Å². The fraction of sp³-hybridized carbons (Fsp3) is 0.381. The third kappa shape index (κ3) is 6.36. The number of benzene rings is 2. The average Bonchev–Trinajstić information content (AvgIpc) is 2.79. The Morgan fingerprint density at radius 3 is 2.41 bits per heavy atom. The van der Waals surface area contributed by atoms with E-state index in [0.29, 0.717) is 31.9 Å². The molecule has 0 atom stereocenters. The first kappa shape index (κ1) is 24.3. The van der Waals surface area contributed by atoms with Gasteiger partial charge in [-0.25, -0.2) is 21.6 Å². The topological polar surface area (TPSA) is 122 Å². The lowest BCUT2D eigenvalue weighted by Gasteiger charge is -2.26. The summed E-state index contributed by atoms with van der Waals surface area (Å²) in [6, 6.07) is 13.4. The number of hydrogen-bond acceptors (Lipinski definition) is 6. The molecule has 0 bridgehead atoms. The molecule has 1 amide bonds. The summed E-state index contributed by atoms with van der Waals surface area (Å²) in [6.07, 6.45) is 0. The van der Waals surface area contributed by atoms with E-state index < -0.39 is 26.0 Å². The Labute approximate surface area is 188 Å². The zero-order valence-electron chi connectivity index (χ0n) is 17.8. The standard InChI is InChI=1S/C21H27N3O6S2/c1-17-7-8-19(32(28,29)23-16-18-5-3-2-4-6-18)15-20(17)21(25)22-9-14-31(26,27)24-10-12-30-13-11-24/h2-8,15,23H,9-14,16H2,1H3,(H,22,25). The van der Waals surface area contributed by atoms with Crippen molar-refractivity contribution in [3.63, 3.8) is 0 Å². The quantitative estimate of drug-likeness (QED) is 0.548. The van der Waals surface area contributed by atoms with Crippen molar-refractivity contribution < 1.29 is 26.4 Å². The summed E-state index contributed by atoms with van der Waals surface area (Å²) in [4.78, 5) is 12.6. The molecule has 0 saturated carbocycles. The first-order valence-corrected chi connectivity index (χ1v) is 13.3. The molecular weight excluding hydrogens is 454 g/mol. The van der Waals surface area contributed by atoms with Gasteiger partial charge in [0.05, 0.1) is 23.9 Å². The van der Waals surface area contributed by atoms with Gasteiger partial charge in [0.2, 0.25) is 20.0 Å². The first-order chi connectivity index (χ1) is 15.2.